The Bertz CT molecular complexity index is 205. The normalized spacial score (nSPS) is 11.4. The summed E-state index contributed by atoms with van der Waals surface area (Å²) in [6.07, 6.45) is 2.84. The third kappa shape index (κ3) is 7.47. The smallest absolute Gasteiger partial charge is 0.0960 e. The molecule has 0 aliphatic heterocycles. The van der Waals surface area contributed by atoms with Crippen molar-refractivity contribution in [3.63, 3.8) is 0 Å². The van der Waals surface area contributed by atoms with Gasteiger partial charge in [0, 0.05) is 18.0 Å². The number of thioether (sulfide) groups is 1. The molecule has 0 bridgehead atoms. The molecular weight excluding hydrogens is 186 g/mol. The molecule has 0 aromatic rings. The lowest BCUT2D eigenvalue weighted by Gasteiger charge is -2.08. The Morgan fingerprint density at radius 2 is 2.54 bits per heavy atom. The van der Waals surface area contributed by atoms with Crippen molar-refractivity contribution in [2.45, 2.75) is 12.5 Å². The van der Waals surface area contributed by atoms with E-state index in [0.717, 1.165) is 12.2 Å². The van der Waals surface area contributed by atoms with Crippen LogP contribution in [0.3, 0.4) is 0 Å². The Morgan fingerprint density at radius 3 is 3.08 bits per heavy atom. The fraction of sp³-hybridized carbons (Fsp3) is 0.857. The van der Waals surface area contributed by atoms with Gasteiger partial charge in [-0.3, -0.25) is 0 Å². The van der Waals surface area contributed by atoms with Crippen molar-refractivity contribution < 1.29 is 0 Å². The van der Waals surface area contributed by atoms with Crippen LogP contribution >= 0.6 is 11.8 Å². The van der Waals surface area contributed by atoms with Gasteiger partial charge in [0.2, 0.25) is 0 Å². The molecule has 0 aromatic carbocycles. The van der Waals surface area contributed by atoms with Crippen molar-refractivity contribution in [3.8, 4) is 6.07 Å². The predicted octanol–water partition coefficient (Wildman–Crippen LogP) is 1.53. The average Bonchev–Trinajstić information content (AvgIpc) is 2.17. The zero-order valence-corrected chi connectivity index (χ0v) is 8.42. The Kier molecular flexibility index (Phi) is 8.57. The molecule has 5 nitrogen and oxygen atoms in total. The predicted molar refractivity (Wildman–Crippen MR) is 54.4 cm³/mol. The molecule has 0 heterocycles. The zero-order valence-electron chi connectivity index (χ0n) is 7.60. The van der Waals surface area contributed by atoms with Gasteiger partial charge in [0.05, 0.1) is 12.1 Å². The molecule has 0 aliphatic carbocycles. The molecule has 0 saturated heterocycles. The van der Waals surface area contributed by atoms with Crippen LogP contribution in [-0.2, 0) is 0 Å². The highest BCUT2D eigenvalue weighted by atomic mass is 32.2. The highest BCUT2D eigenvalue weighted by Gasteiger charge is 2.03. The molecule has 0 fully saturated rings. The van der Waals surface area contributed by atoms with Crippen molar-refractivity contribution in [3.05, 3.63) is 10.4 Å². The van der Waals surface area contributed by atoms with Gasteiger partial charge in [-0.15, -0.1) is 0 Å². The Hall–Kier alpha value is -0.890. The first kappa shape index (κ1) is 12.1. The van der Waals surface area contributed by atoms with Crippen molar-refractivity contribution in [1.82, 2.24) is 5.32 Å². The average molecular weight is 199 g/mol. The Balaban J connectivity index is 3.48. The minimum absolute atomic E-state index is 0.124. The summed E-state index contributed by atoms with van der Waals surface area (Å²) >= 11 is 1.72. The highest BCUT2D eigenvalue weighted by Crippen LogP contribution is 1.99. The molecule has 72 valence electrons. The highest BCUT2D eigenvalue weighted by molar-refractivity contribution is 7.98. The molecule has 1 unspecified atom stereocenters. The van der Waals surface area contributed by atoms with Crippen LogP contribution in [-0.4, -0.2) is 31.1 Å². The van der Waals surface area contributed by atoms with Crippen LogP contribution in [0.2, 0.25) is 0 Å². The van der Waals surface area contributed by atoms with Gasteiger partial charge in [-0.05, 0) is 24.0 Å². The lowest BCUT2D eigenvalue weighted by atomic mass is 10.2. The maximum Gasteiger partial charge on any atom is 0.0960 e. The number of azide groups is 1. The van der Waals surface area contributed by atoms with E-state index in [1.807, 2.05) is 6.26 Å². The molecule has 0 spiro atoms. The van der Waals surface area contributed by atoms with Crippen LogP contribution < -0.4 is 5.32 Å². The fourth-order valence-corrected chi connectivity index (χ4v) is 1.25. The van der Waals surface area contributed by atoms with Crippen LogP contribution in [0.15, 0.2) is 5.11 Å². The van der Waals surface area contributed by atoms with E-state index in [0.29, 0.717) is 13.1 Å². The van der Waals surface area contributed by atoms with Gasteiger partial charge >= 0.3 is 0 Å². The number of hydrogen-bond donors (Lipinski definition) is 1. The number of rotatable bonds is 7. The van der Waals surface area contributed by atoms with Crippen LogP contribution in [0.5, 0.6) is 0 Å². The summed E-state index contributed by atoms with van der Waals surface area (Å²) in [6.45, 7) is 0.963. The van der Waals surface area contributed by atoms with Crippen molar-refractivity contribution in [2.24, 2.45) is 5.11 Å². The van der Waals surface area contributed by atoms with E-state index in [1.54, 1.807) is 11.8 Å². The lowest BCUT2D eigenvalue weighted by Crippen LogP contribution is -2.30. The summed E-state index contributed by atoms with van der Waals surface area (Å²) in [5.74, 6) is 0.965. The van der Waals surface area contributed by atoms with E-state index in [-0.39, 0.29) is 6.04 Å². The standard InChI is InChI=1S/C7H13N5S/c1-13-5-2-7(6-8)10-3-4-11-12-9/h7,10H,2-5H2,1H3. The zero-order chi connectivity index (χ0) is 9.94. The van der Waals surface area contributed by atoms with E-state index in [9.17, 15) is 0 Å². The molecule has 0 amide bonds. The molecule has 1 atom stereocenters. The largest absolute Gasteiger partial charge is 0.302 e. The van der Waals surface area contributed by atoms with Crippen LogP contribution in [0.25, 0.3) is 10.4 Å². The second-order valence-corrected chi connectivity index (χ2v) is 3.36. The summed E-state index contributed by atoms with van der Waals surface area (Å²) in [4.78, 5) is 2.62. The Labute approximate surface area is 82.1 Å². The van der Waals surface area contributed by atoms with E-state index in [4.69, 9.17) is 10.8 Å². The molecule has 0 aliphatic rings. The maximum absolute atomic E-state index is 8.68. The SMILES string of the molecule is CSCCC(C#N)NCCN=[N+]=[N-]. The first-order chi connectivity index (χ1) is 6.35. The van der Waals surface area contributed by atoms with E-state index >= 15 is 0 Å². The van der Waals surface area contributed by atoms with Gasteiger partial charge < -0.3 is 5.32 Å². The van der Waals surface area contributed by atoms with E-state index in [2.05, 4.69) is 21.4 Å². The summed E-state index contributed by atoms with van der Waals surface area (Å²) in [7, 11) is 0. The molecule has 6 heteroatoms. The van der Waals surface area contributed by atoms with Crippen molar-refractivity contribution in [2.75, 3.05) is 25.1 Å². The van der Waals surface area contributed by atoms with Gasteiger partial charge in [-0.1, -0.05) is 5.11 Å². The molecule has 0 aromatic heterocycles. The number of nitrogens with one attached hydrogen (secondary N) is 1. The first-order valence-corrected chi connectivity index (χ1v) is 5.37. The number of nitrogens with zero attached hydrogens (tertiary/aromatic N) is 4. The van der Waals surface area contributed by atoms with Crippen LogP contribution in [0.1, 0.15) is 6.42 Å². The van der Waals surface area contributed by atoms with Gasteiger partial charge in [0.15, 0.2) is 0 Å². The quantitative estimate of drug-likeness (QED) is 0.292. The Morgan fingerprint density at radius 1 is 1.77 bits per heavy atom. The number of hydrogen-bond acceptors (Lipinski definition) is 4. The van der Waals surface area contributed by atoms with Crippen molar-refractivity contribution >= 4 is 11.8 Å². The topological polar surface area (TPSA) is 84.6 Å². The van der Waals surface area contributed by atoms with Gasteiger partial charge in [-0.25, -0.2) is 0 Å². The fourth-order valence-electron chi connectivity index (χ4n) is 0.781. The minimum Gasteiger partial charge on any atom is -0.302 e. The molecule has 0 saturated carbocycles. The summed E-state index contributed by atoms with van der Waals surface area (Å²) in [5, 5.41) is 15.0. The molecule has 1 N–H and O–H groups in total. The van der Waals surface area contributed by atoms with Gasteiger partial charge in [0.1, 0.15) is 0 Å². The minimum atomic E-state index is -0.124. The number of nitriles is 1. The van der Waals surface area contributed by atoms with Crippen LogP contribution in [0.4, 0.5) is 0 Å². The molecule has 13 heavy (non-hydrogen) atoms. The van der Waals surface area contributed by atoms with Gasteiger partial charge in [0.25, 0.3) is 0 Å². The van der Waals surface area contributed by atoms with E-state index in [1.165, 1.54) is 0 Å². The first-order valence-electron chi connectivity index (χ1n) is 3.98. The summed E-state index contributed by atoms with van der Waals surface area (Å²) in [6, 6.07) is 2.03. The molecule has 0 rings (SSSR count). The second-order valence-electron chi connectivity index (χ2n) is 2.37. The van der Waals surface area contributed by atoms with E-state index < -0.39 is 0 Å². The maximum atomic E-state index is 8.68. The molecule has 0 radical (unpaired) electrons. The third-order valence-corrected chi connectivity index (χ3v) is 2.08. The summed E-state index contributed by atoms with van der Waals surface area (Å²) in [5.41, 5.74) is 7.99. The second kappa shape index (κ2) is 9.20. The third-order valence-electron chi connectivity index (χ3n) is 1.43. The van der Waals surface area contributed by atoms with Crippen molar-refractivity contribution in [1.29, 1.82) is 5.26 Å². The monoisotopic (exact) mass is 199 g/mol. The molecular formula is C7H13N5S. The lowest BCUT2D eigenvalue weighted by molar-refractivity contribution is 0.596. The summed E-state index contributed by atoms with van der Waals surface area (Å²) < 4.78 is 0. The van der Waals surface area contributed by atoms with Crippen LogP contribution in [0, 0.1) is 11.3 Å². The van der Waals surface area contributed by atoms with Gasteiger partial charge in [-0.2, -0.15) is 17.0 Å².